The highest BCUT2D eigenvalue weighted by molar-refractivity contribution is 7.10. The van der Waals surface area contributed by atoms with Crippen molar-refractivity contribution >= 4 is 22.9 Å². The van der Waals surface area contributed by atoms with Crippen molar-refractivity contribution in [2.45, 2.75) is 13.0 Å². The van der Waals surface area contributed by atoms with Crippen molar-refractivity contribution in [1.29, 1.82) is 0 Å². The first-order valence-electron chi connectivity index (χ1n) is 6.59. The van der Waals surface area contributed by atoms with Gasteiger partial charge in [0.05, 0.1) is 28.6 Å². The molecule has 108 valence electrons. The van der Waals surface area contributed by atoms with Gasteiger partial charge in [-0.2, -0.15) is 0 Å². The molecule has 3 aromatic rings. The molecule has 0 amide bonds. The number of thiophene rings is 1. The van der Waals surface area contributed by atoms with Gasteiger partial charge in [-0.25, -0.2) is 4.68 Å². The van der Waals surface area contributed by atoms with Gasteiger partial charge in [-0.15, -0.1) is 16.4 Å². The topological polar surface area (TPSA) is 42.7 Å². The average molecular weight is 319 g/mol. The van der Waals surface area contributed by atoms with Gasteiger partial charge in [0.15, 0.2) is 0 Å². The fourth-order valence-electron chi connectivity index (χ4n) is 2.27. The molecular formula is C15H15ClN4S. The van der Waals surface area contributed by atoms with Crippen molar-refractivity contribution < 1.29 is 0 Å². The van der Waals surface area contributed by atoms with E-state index in [1.807, 2.05) is 49.0 Å². The second kappa shape index (κ2) is 5.97. The van der Waals surface area contributed by atoms with Crippen molar-refractivity contribution in [2.75, 3.05) is 7.05 Å². The Labute approximate surface area is 132 Å². The van der Waals surface area contributed by atoms with Crippen LogP contribution in [0.5, 0.6) is 0 Å². The summed E-state index contributed by atoms with van der Waals surface area (Å²) < 4.78 is 1.84. The number of aromatic nitrogens is 3. The van der Waals surface area contributed by atoms with Gasteiger partial charge in [0.2, 0.25) is 0 Å². The predicted molar refractivity (Wildman–Crippen MR) is 86.3 cm³/mol. The van der Waals surface area contributed by atoms with E-state index >= 15 is 0 Å². The molecule has 0 fully saturated rings. The van der Waals surface area contributed by atoms with Gasteiger partial charge in [-0.1, -0.05) is 35.0 Å². The van der Waals surface area contributed by atoms with Crippen LogP contribution in [-0.4, -0.2) is 22.0 Å². The number of halogens is 1. The molecule has 2 aromatic heterocycles. The van der Waals surface area contributed by atoms with Gasteiger partial charge in [0.25, 0.3) is 0 Å². The van der Waals surface area contributed by atoms with E-state index in [9.17, 15) is 0 Å². The largest absolute Gasteiger partial charge is 0.307 e. The number of hydrogen-bond donors (Lipinski definition) is 1. The summed E-state index contributed by atoms with van der Waals surface area (Å²) in [5.74, 6) is 0. The molecule has 3 rings (SSSR count). The monoisotopic (exact) mass is 318 g/mol. The maximum Gasteiger partial charge on any atom is 0.0875 e. The number of nitrogens with one attached hydrogen (secondary N) is 1. The van der Waals surface area contributed by atoms with E-state index < -0.39 is 0 Å². The Morgan fingerprint density at radius 3 is 2.67 bits per heavy atom. The first-order valence-corrected chi connectivity index (χ1v) is 7.85. The number of aryl methyl sites for hydroxylation is 1. The number of hydrogen-bond acceptors (Lipinski definition) is 4. The van der Waals surface area contributed by atoms with Crippen molar-refractivity contribution in [3.63, 3.8) is 0 Å². The van der Waals surface area contributed by atoms with Crippen LogP contribution in [0.25, 0.3) is 5.69 Å². The van der Waals surface area contributed by atoms with Crippen molar-refractivity contribution in [3.8, 4) is 5.69 Å². The molecule has 0 spiro atoms. The van der Waals surface area contributed by atoms with Crippen LogP contribution < -0.4 is 5.32 Å². The zero-order valence-electron chi connectivity index (χ0n) is 11.7. The second-order valence-corrected chi connectivity index (χ2v) is 6.01. The first-order chi connectivity index (χ1) is 10.2. The Hall–Kier alpha value is -1.69. The Morgan fingerprint density at radius 1 is 1.29 bits per heavy atom. The third-order valence-electron chi connectivity index (χ3n) is 3.35. The van der Waals surface area contributed by atoms with E-state index in [0.717, 1.165) is 26.8 Å². The van der Waals surface area contributed by atoms with E-state index in [4.69, 9.17) is 11.6 Å². The Morgan fingerprint density at radius 2 is 2.05 bits per heavy atom. The van der Waals surface area contributed by atoms with Crippen LogP contribution >= 0.6 is 22.9 Å². The summed E-state index contributed by atoms with van der Waals surface area (Å²) in [6.07, 6.45) is 1.78. The summed E-state index contributed by atoms with van der Waals surface area (Å²) >= 11 is 8.07. The van der Waals surface area contributed by atoms with Crippen LogP contribution in [0.2, 0.25) is 5.02 Å². The normalized spacial score (nSPS) is 12.5. The van der Waals surface area contributed by atoms with E-state index in [-0.39, 0.29) is 6.04 Å². The maximum atomic E-state index is 6.42. The average Bonchev–Trinajstić information content (AvgIpc) is 3.11. The summed E-state index contributed by atoms with van der Waals surface area (Å²) in [6.45, 7) is 2.02. The van der Waals surface area contributed by atoms with E-state index in [0.29, 0.717) is 0 Å². The SMILES string of the molecule is CNC(c1scc(C)c1Cl)c1cnnn1-c1ccccc1. The summed E-state index contributed by atoms with van der Waals surface area (Å²) in [5.41, 5.74) is 3.04. The molecule has 21 heavy (non-hydrogen) atoms. The molecule has 0 radical (unpaired) electrons. The third kappa shape index (κ3) is 2.60. The summed E-state index contributed by atoms with van der Waals surface area (Å²) in [6, 6.07) is 9.92. The van der Waals surface area contributed by atoms with Crippen LogP contribution in [0.1, 0.15) is 22.2 Å². The van der Waals surface area contributed by atoms with Crippen molar-refractivity contribution in [1.82, 2.24) is 20.3 Å². The summed E-state index contributed by atoms with van der Waals surface area (Å²) in [5, 5.41) is 14.5. The molecule has 1 aromatic carbocycles. The fourth-order valence-corrected chi connectivity index (χ4v) is 3.69. The number of benzene rings is 1. The van der Waals surface area contributed by atoms with Gasteiger partial charge in [0, 0.05) is 4.88 Å². The maximum absolute atomic E-state index is 6.42. The lowest BCUT2D eigenvalue weighted by molar-refractivity contribution is 0.642. The molecule has 1 atom stereocenters. The Bertz CT molecular complexity index is 735. The molecule has 0 aliphatic carbocycles. The van der Waals surface area contributed by atoms with E-state index in [1.54, 1.807) is 17.5 Å². The van der Waals surface area contributed by atoms with Crippen LogP contribution in [0.4, 0.5) is 0 Å². The molecule has 0 saturated heterocycles. The molecule has 1 unspecified atom stereocenters. The quantitative estimate of drug-likeness (QED) is 0.799. The van der Waals surface area contributed by atoms with Gasteiger partial charge in [0.1, 0.15) is 0 Å². The first kappa shape index (κ1) is 14.3. The van der Waals surface area contributed by atoms with Crippen molar-refractivity contribution in [2.24, 2.45) is 0 Å². The molecule has 0 saturated carbocycles. The fraction of sp³-hybridized carbons (Fsp3) is 0.200. The molecule has 0 aliphatic heterocycles. The van der Waals surface area contributed by atoms with E-state index in [2.05, 4.69) is 21.0 Å². The third-order valence-corrected chi connectivity index (χ3v) is 5.13. The zero-order valence-corrected chi connectivity index (χ0v) is 13.3. The minimum absolute atomic E-state index is 0.0357. The standard InChI is InChI=1S/C15H15ClN4S/c1-10-9-21-15(13(10)16)14(17-2)12-8-18-19-20(12)11-6-4-3-5-7-11/h3-9,14,17H,1-2H3. The minimum atomic E-state index is -0.0357. The highest BCUT2D eigenvalue weighted by Gasteiger charge is 2.23. The van der Waals surface area contributed by atoms with E-state index in [1.165, 1.54) is 0 Å². The number of nitrogens with zero attached hydrogens (tertiary/aromatic N) is 3. The number of para-hydroxylation sites is 1. The number of rotatable bonds is 4. The van der Waals surface area contributed by atoms with Gasteiger partial charge >= 0.3 is 0 Å². The summed E-state index contributed by atoms with van der Waals surface area (Å²) in [7, 11) is 1.92. The predicted octanol–water partition coefficient (Wildman–Crippen LogP) is 3.60. The molecule has 2 heterocycles. The zero-order chi connectivity index (χ0) is 14.8. The Kier molecular flexibility index (Phi) is 4.05. The van der Waals surface area contributed by atoms with Gasteiger partial charge in [-0.3, -0.25) is 0 Å². The smallest absolute Gasteiger partial charge is 0.0875 e. The highest BCUT2D eigenvalue weighted by Crippen LogP contribution is 2.35. The minimum Gasteiger partial charge on any atom is -0.307 e. The molecule has 0 aliphatic rings. The second-order valence-electron chi connectivity index (χ2n) is 4.72. The molecular weight excluding hydrogens is 304 g/mol. The van der Waals surface area contributed by atoms with Gasteiger partial charge in [-0.05, 0) is 37.0 Å². The van der Waals surface area contributed by atoms with Crippen LogP contribution in [0, 0.1) is 6.92 Å². The van der Waals surface area contributed by atoms with Crippen LogP contribution in [0.15, 0.2) is 41.9 Å². The van der Waals surface area contributed by atoms with Crippen LogP contribution in [-0.2, 0) is 0 Å². The van der Waals surface area contributed by atoms with Crippen LogP contribution in [0.3, 0.4) is 0 Å². The molecule has 6 heteroatoms. The van der Waals surface area contributed by atoms with Crippen molar-refractivity contribution in [3.05, 3.63) is 63.1 Å². The lowest BCUT2D eigenvalue weighted by Gasteiger charge is -2.16. The van der Waals surface area contributed by atoms with Gasteiger partial charge < -0.3 is 5.32 Å². The highest BCUT2D eigenvalue weighted by atomic mass is 35.5. The molecule has 0 bridgehead atoms. The molecule has 1 N–H and O–H groups in total. The Balaban J connectivity index is 2.07. The lowest BCUT2D eigenvalue weighted by atomic mass is 10.1. The summed E-state index contributed by atoms with van der Waals surface area (Å²) in [4.78, 5) is 1.08. The molecule has 4 nitrogen and oxygen atoms in total. The lowest BCUT2D eigenvalue weighted by Crippen LogP contribution is -2.20.